The lowest BCUT2D eigenvalue weighted by molar-refractivity contribution is -0.114. The first kappa shape index (κ1) is 14.5. The van der Waals surface area contributed by atoms with Gasteiger partial charge in [-0.25, -0.2) is 0 Å². The lowest BCUT2D eigenvalue weighted by Gasteiger charge is -2.08. The van der Waals surface area contributed by atoms with Crippen LogP contribution in [0.4, 0.5) is 5.69 Å². The minimum atomic E-state index is -0.0698. The van der Waals surface area contributed by atoms with Crippen LogP contribution in [0.25, 0.3) is 0 Å². The Labute approximate surface area is 109 Å². The van der Waals surface area contributed by atoms with Crippen LogP contribution in [0.2, 0.25) is 0 Å². The molecule has 0 saturated carbocycles. The molecule has 0 aromatic heterocycles. The number of nitrogens with two attached hydrogens (primary N) is 1. The van der Waals surface area contributed by atoms with E-state index in [4.69, 9.17) is 10.5 Å². The van der Waals surface area contributed by atoms with E-state index in [1.54, 1.807) is 0 Å². The Kier molecular flexibility index (Phi) is 6.22. The molecule has 1 atom stereocenters. The summed E-state index contributed by atoms with van der Waals surface area (Å²) in [5.41, 5.74) is 6.45. The molecule has 0 unspecified atom stereocenters. The van der Waals surface area contributed by atoms with Gasteiger partial charge in [0.15, 0.2) is 0 Å². The van der Waals surface area contributed by atoms with E-state index in [1.165, 1.54) is 6.92 Å². The molecule has 0 bridgehead atoms. The summed E-state index contributed by atoms with van der Waals surface area (Å²) in [6, 6.07) is 7.65. The zero-order valence-corrected chi connectivity index (χ0v) is 11.1. The zero-order chi connectivity index (χ0) is 13.4. The number of anilines is 1. The maximum atomic E-state index is 10.8. The topological polar surface area (TPSA) is 64.3 Å². The van der Waals surface area contributed by atoms with E-state index in [0.29, 0.717) is 6.61 Å². The van der Waals surface area contributed by atoms with Crippen molar-refractivity contribution in [1.82, 2.24) is 0 Å². The van der Waals surface area contributed by atoms with Crippen molar-refractivity contribution in [2.75, 3.05) is 11.9 Å². The van der Waals surface area contributed by atoms with Gasteiger partial charge in [-0.1, -0.05) is 0 Å². The van der Waals surface area contributed by atoms with Crippen LogP contribution in [-0.4, -0.2) is 18.6 Å². The molecule has 4 nitrogen and oxygen atoms in total. The largest absolute Gasteiger partial charge is 0.494 e. The SMILES string of the molecule is CC(=O)Nc1ccc(OCCCC[C@@H](C)N)cc1. The molecule has 1 amide bonds. The van der Waals surface area contributed by atoms with Crippen molar-refractivity contribution >= 4 is 11.6 Å². The Balaban J connectivity index is 2.24. The number of rotatable bonds is 7. The quantitative estimate of drug-likeness (QED) is 0.731. The fraction of sp³-hybridized carbons (Fsp3) is 0.500. The molecule has 0 aliphatic carbocycles. The third kappa shape index (κ3) is 6.25. The van der Waals surface area contributed by atoms with E-state index >= 15 is 0 Å². The number of ether oxygens (including phenoxy) is 1. The van der Waals surface area contributed by atoms with E-state index < -0.39 is 0 Å². The first-order valence-electron chi connectivity index (χ1n) is 6.34. The summed E-state index contributed by atoms with van der Waals surface area (Å²) in [6.45, 7) is 4.21. The van der Waals surface area contributed by atoms with Crippen LogP contribution in [-0.2, 0) is 4.79 Å². The molecule has 18 heavy (non-hydrogen) atoms. The van der Waals surface area contributed by atoms with Gasteiger partial charge in [0.25, 0.3) is 0 Å². The van der Waals surface area contributed by atoms with Gasteiger partial charge in [0.05, 0.1) is 6.61 Å². The highest BCUT2D eigenvalue weighted by molar-refractivity contribution is 5.88. The summed E-state index contributed by atoms with van der Waals surface area (Å²) >= 11 is 0. The van der Waals surface area contributed by atoms with Gasteiger partial charge in [-0.3, -0.25) is 4.79 Å². The van der Waals surface area contributed by atoms with Crippen LogP contribution < -0.4 is 15.8 Å². The minimum Gasteiger partial charge on any atom is -0.494 e. The first-order chi connectivity index (χ1) is 8.58. The number of hydrogen-bond acceptors (Lipinski definition) is 3. The summed E-state index contributed by atoms with van der Waals surface area (Å²) in [5, 5.41) is 2.71. The number of benzene rings is 1. The Hall–Kier alpha value is -1.55. The van der Waals surface area contributed by atoms with Crippen molar-refractivity contribution in [3.05, 3.63) is 24.3 Å². The standard InChI is InChI=1S/C14H22N2O2/c1-11(15)5-3-4-10-18-14-8-6-13(7-9-14)16-12(2)17/h6-9,11H,3-5,10,15H2,1-2H3,(H,16,17)/t11-/m1/s1. The van der Waals surface area contributed by atoms with E-state index in [0.717, 1.165) is 30.7 Å². The molecule has 1 aromatic rings. The predicted molar refractivity (Wildman–Crippen MR) is 73.7 cm³/mol. The molecule has 1 aromatic carbocycles. The summed E-state index contributed by atoms with van der Waals surface area (Å²) < 4.78 is 5.59. The molecule has 0 spiro atoms. The molecular formula is C14H22N2O2. The van der Waals surface area contributed by atoms with E-state index in [2.05, 4.69) is 5.32 Å². The number of amides is 1. The minimum absolute atomic E-state index is 0.0698. The Morgan fingerprint density at radius 3 is 2.56 bits per heavy atom. The fourth-order valence-corrected chi connectivity index (χ4v) is 1.60. The molecule has 0 aliphatic heterocycles. The molecule has 1 rings (SSSR count). The van der Waals surface area contributed by atoms with Crippen LogP contribution in [0.1, 0.15) is 33.1 Å². The van der Waals surface area contributed by atoms with Gasteiger partial charge in [0, 0.05) is 18.7 Å². The highest BCUT2D eigenvalue weighted by atomic mass is 16.5. The second-order valence-corrected chi connectivity index (χ2v) is 4.53. The third-order valence-corrected chi connectivity index (χ3v) is 2.50. The molecule has 3 N–H and O–H groups in total. The van der Waals surface area contributed by atoms with E-state index in [-0.39, 0.29) is 11.9 Å². The summed E-state index contributed by atoms with van der Waals surface area (Å²) in [5.74, 6) is 0.754. The average Bonchev–Trinajstić information content (AvgIpc) is 2.30. The average molecular weight is 250 g/mol. The van der Waals surface area contributed by atoms with Crippen LogP contribution >= 0.6 is 0 Å². The molecule has 4 heteroatoms. The highest BCUT2D eigenvalue weighted by Gasteiger charge is 1.98. The maximum Gasteiger partial charge on any atom is 0.221 e. The van der Waals surface area contributed by atoms with Gasteiger partial charge in [-0.2, -0.15) is 0 Å². The lowest BCUT2D eigenvalue weighted by Crippen LogP contribution is -2.14. The highest BCUT2D eigenvalue weighted by Crippen LogP contribution is 2.16. The number of unbranched alkanes of at least 4 members (excludes halogenated alkanes) is 1. The van der Waals surface area contributed by atoms with Crippen LogP contribution in [0.3, 0.4) is 0 Å². The molecule has 0 radical (unpaired) electrons. The summed E-state index contributed by atoms with van der Waals surface area (Å²) in [7, 11) is 0. The van der Waals surface area contributed by atoms with Crippen molar-refractivity contribution in [3.63, 3.8) is 0 Å². The van der Waals surface area contributed by atoms with Crippen molar-refractivity contribution in [3.8, 4) is 5.75 Å². The maximum absolute atomic E-state index is 10.8. The molecular weight excluding hydrogens is 228 g/mol. The van der Waals surface area contributed by atoms with Gasteiger partial charge >= 0.3 is 0 Å². The number of carbonyl (C=O) groups is 1. The molecule has 0 heterocycles. The third-order valence-electron chi connectivity index (χ3n) is 2.50. The Morgan fingerprint density at radius 2 is 2.00 bits per heavy atom. The molecule has 0 fully saturated rings. The summed E-state index contributed by atoms with van der Waals surface area (Å²) in [6.07, 6.45) is 3.13. The van der Waals surface area contributed by atoms with Gasteiger partial charge in [-0.15, -0.1) is 0 Å². The Bertz CT molecular complexity index is 361. The first-order valence-corrected chi connectivity index (χ1v) is 6.34. The molecule has 0 aliphatic rings. The second-order valence-electron chi connectivity index (χ2n) is 4.53. The molecule has 0 saturated heterocycles. The smallest absolute Gasteiger partial charge is 0.221 e. The van der Waals surface area contributed by atoms with E-state index in [1.807, 2.05) is 31.2 Å². The number of carbonyl (C=O) groups excluding carboxylic acids is 1. The lowest BCUT2D eigenvalue weighted by atomic mass is 10.1. The van der Waals surface area contributed by atoms with Gasteiger partial charge in [0.2, 0.25) is 5.91 Å². The fourth-order valence-electron chi connectivity index (χ4n) is 1.60. The van der Waals surface area contributed by atoms with Crippen molar-refractivity contribution in [1.29, 1.82) is 0 Å². The van der Waals surface area contributed by atoms with Crippen LogP contribution in [0, 0.1) is 0 Å². The van der Waals surface area contributed by atoms with Crippen molar-refractivity contribution in [2.45, 2.75) is 39.2 Å². The Morgan fingerprint density at radius 1 is 1.33 bits per heavy atom. The zero-order valence-electron chi connectivity index (χ0n) is 11.1. The normalized spacial score (nSPS) is 11.9. The summed E-state index contributed by atoms with van der Waals surface area (Å²) in [4.78, 5) is 10.8. The van der Waals surface area contributed by atoms with Gasteiger partial charge in [-0.05, 0) is 50.5 Å². The second kappa shape index (κ2) is 7.71. The molecule has 100 valence electrons. The monoisotopic (exact) mass is 250 g/mol. The van der Waals surface area contributed by atoms with E-state index in [9.17, 15) is 4.79 Å². The van der Waals surface area contributed by atoms with Gasteiger partial charge < -0.3 is 15.8 Å². The predicted octanol–water partition coefficient (Wildman–Crippen LogP) is 2.54. The van der Waals surface area contributed by atoms with Crippen molar-refractivity contribution in [2.24, 2.45) is 5.73 Å². The van der Waals surface area contributed by atoms with Gasteiger partial charge in [0.1, 0.15) is 5.75 Å². The van der Waals surface area contributed by atoms with Crippen LogP contribution in [0.15, 0.2) is 24.3 Å². The van der Waals surface area contributed by atoms with Crippen molar-refractivity contribution < 1.29 is 9.53 Å². The van der Waals surface area contributed by atoms with Crippen LogP contribution in [0.5, 0.6) is 5.75 Å². The number of nitrogens with one attached hydrogen (secondary N) is 1. The number of hydrogen-bond donors (Lipinski definition) is 2.